The fourth-order valence-electron chi connectivity index (χ4n) is 2.30. The molecule has 1 N–H and O–H groups in total. The summed E-state index contributed by atoms with van der Waals surface area (Å²) >= 11 is 0. The third-order valence-electron chi connectivity index (χ3n) is 3.43. The SMILES string of the molecule is O=S1(=O)NC(C2CC2)CN1Cc1ccccc1. The summed E-state index contributed by atoms with van der Waals surface area (Å²) < 4.78 is 28.2. The number of hydrogen-bond donors (Lipinski definition) is 1. The molecule has 92 valence electrons. The first-order valence-electron chi connectivity index (χ1n) is 5.96. The maximum absolute atomic E-state index is 11.9. The third kappa shape index (κ3) is 2.36. The van der Waals surface area contributed by atoms with Gasteiger partial charge in [0, 0.05) is 19.1 Å². The van der Waals surface area contributed by atoms with Gasteiger partial charge in [0.05, 0.1) is 0 Å². The lowest BCUT2D eigenvalue weighted by Gasteiger charge is -2.13. The fraction of sp³-hybridized carbons (Fsp3) is 0.500. The van der Waals surface area contributed by atoms with Crippen molar-refractivity contribution in [2.75, 3.05) is 6.54 Å². The molecule has 1 aromatic carbocycles. The second kappa shape index (κ2) is 4.08. The number of benzene rings is 1. The van der Waals surface area contributed by atoms with Gasteiger partial charge in [-0.2, -0.15) is 17.4 Å². The van der Waals surface area contributed by atoms with Gasteiger partial charge in [-0.15, -0.1) is 0 Å². The van der Waals surface area contributed by atoms with E-state index in [-0.39, 0.29) is 6.04 Å². The van der Waals surface area contributed by atoms with Crippen LogP contribution in [0.15, 0.2) is 30.3 Å². The van der Waals surface area contributed by atoms with Gasteiger partial charge in [0.25, 0.3) is 10.2 Å². The minimum absolute atomic E-state index is 0.128. The van der Waals surface area contributed by atoms with Crippen molar-refractivity contribution in [2.45, 2.75) is 25.4 Å². The maximum atomic E-state index is 11.9. The smallest absolute Gasteiger partial charge is 0.197 e. The van der Waals surface area contributed by atoms with Crippen LogP contribution in [0.4, 0.5) is 0 Å². The molecular weight excluding hydrogens is 236 g/mol. The van der Waals surface area contributed by atoms with E-state index >= 15 is 0 Å². The highest BCUT2D eigenvalue weighted by Gasteiger charge is 2.42. The third-order valence-corrected chi connectivity index (χ3v) is 4.99. The van der Waals surface area contributed by atoms with Crippen molar-refractivity contribution in [3.8, 4) is 0 Å². The highest BCUT2D eigenvalue weighted by atomic mass is 32.2. The van der Waals surface area contributed by atoms with Crippen molar-refractivity contribution in [2.24, 2.45) is 5.92 Å². The first kappa shape index (κ1) is 11.2. The van der Waals surface area contributed by atoms with Gasteiger partial charge in [0.15, 0.2) is 0 Å². The number of hydrogen-bond acceptors (Lipinski definition) is 2. The van der Waals surface area contributed by atoms with Crippen LogP contribution in [0.3, 0.4) is 0 Å². The van der Waals surface area contributed by atoms with Gasteiger partial charge in [-0.3, -0.25) is 0 Å². The van der Waals surface area contributed by atoms with E-state index in [1.165, 1.54) is 0 Å². The number of nitrogens with zero attached hydrogens (tertiary/aromatic N) is 1. The lowest BCUT2D eigenvalue weighted by Crippen LogP contribution is -2.30. The zero-order valence-electron chi connectivity index (χ0n) is 9.54. The molecule has 1 heterocycles. The van der Waals surface area contributed by atoms with Crippen LogP contribution < -0.4 is 4.72 Å². The van der Waals surface area contributed by atoms with Gasteiger partial charge in [-0.25, -0.2) is 0 Å². The minimum Gasteiger partial charge on any atom is -0.197 e. The van der Waals surface area contributed by atoms with E-state index in [9.17, 15) is 8.42 Å². The quantitative estimate of drug-likeness (QED) is 0.876. The van der Waals surface area contributed by atoms with Crippen LogP contribution in [-0.4, -0.2) is 25.3 Å². The van der Waals surface area contributed by atoms with Gasteiger partial charge in [0.2, 0.25) is 0 Å². The molecule has 1 saturated heterocycles. The molecule has 17 heavy (non-hydrogen) atoms. The summed E-state index contributed by atoms with van der Waals surface area (Å²) in [5.41, 5.74) is 1.04. The van der Waals surface area contributed by atoms with Crippen LogP contribution in [-0.2, 0) is 16.8 Å². The van der Waals surface area contributed by atoms with Gasteiger partial charge in [0.1, 0.15) is 0 Å². The summed E-state index contributed by atoms with van der Waals surface area (Å²) in [7, 11) is -3.26. The Bertz CT molecular complexity index is 496. The Labute approximate surface area is 102 Å². The number of nitrogens with one attached hydrogen (secondary N) is 1. The lowest BCUT2D eigenvalue weighted by molar-refractivity contribution is 0.409. The summed E-state index contributed by atoms with van der Waals surface area (Å²) in [6, 6.07) is 9.85. The van der Waals surface area contributed by atoms with Crippen molar-refractivity contribution in [1.29, 1.82) is 0 Å². The topological polar surface area (TPSA) is 49.4 Å². The zero-order chi connectivity index (χ0) is 11.9. The highest BCUT2D eigenvalue weighted by Crippen LogP contribution is 2.35. The Balaban J connectivity index is 1.74. The first-order chi connectivity index (χ1) is 8.15. The van der Waals surface area contributed by atoms with E-state index in [1.54, 1.807) is 4.31 Å². The predicted octanol–water partition coefficient (Wildman–Crippen LogP) is 1.12. The van der Waals surface area contributed by atoms with Crippen molar-refractivity contribution in [3.63, 3.8) is 0 Å². The average Bonchev–Trinajstić information content (AvgIpc) is 3.08. The molecule has 1 aliphatic heterocycles. The molecule has 1 atom stereocenters. The molecule has 2 aliphatic rings. The van der Waals surface area contributed by atoms with Crippen LogP contribution in [0.1, 0.15) is 18.4 Å². The Hall–Kier alpha value is -0.910. The second-order valence-electron chi connectivity index (χ2n) is 4.84. The summed E-state index contributed by atoms with van der Waals surface area (Å²) in [6.07, 6.45) is 2.32. The molecule has 0 aromatic heterocycles. The molecule has 1 unspecified atom stereocenters. The normalized spacial score (nSPS) is 28.4. The lowest BCUT2D eigenvalue weighted by atomic mass is 10.2. The fourth-order valence-corrected chi connectivity index (χ4v) is 3.78. The van der Waals surface area contributed by atoms with Crippen molar-refractivity contribution < 1.29 is 8.42 Å². The highest BCUT2D eigenvalue weighted by molar-refractivity contribution is 7.87. The van der Waals surface area contributed by atoms with Crippen LogP contribution in [0.5, 0.6) is 0 Å². The Morgan fingerprint density at radius 3 is 2.59 bits per heavy atom. The van der Waals surface area contributed by atoms with E-state index in [1.807, 2.05) is 30.3 Å². The van der Waals surface area contributed by atoms with Gasteiger partial charge < -0.3 is 0 Å². The molecule has 5 heteroatoms. The predicted molar refractivity (Wildman–Crippen MR) is 65.4 cm³/mol. The average molecular weight is 252 g/mol. The summed E-state index contributed by atoms with van der Waals surface area (Å²) in [5, 5.41) is 0. The van der Waals surface area contributed by atoms with Crippen LogP contribution >= 0.6 is 0 Å². The van der Waals surface area contributed by atoms with Crippen LogP contribution in [0.25, 0.3) is 0 Å². The zero-order valence-corrected chi connectivity index (χ0v) is 10.4. The van der Waals surface area contributed by atoms with Gasteiger partial charge in [-0.1, -0.05) is 30.3 Å². The molecule has 0 radical (unpaired) electrons. The van der Waals surface area contributed by atoms with Crippen molar-refractivity contribution >= 4 is 10.2 Å². The summed E-state index contributed by atoms with van der Waals surface area (Å²) in [6.45, 7) is 1.08. The largest absolute Gasteiger partial charge is 0.280 e. The first-order valence-corrected chi connectivity index (χ1v) is 7.40. The molecule has 0 amide bonds. The number of rotatable bonds is 3. The molecule has 1 aromatic rings. The molecule has 2 fully saturated rings. The van der Waals surface area contributed by atoms with E-state index in [0.717, 1.165) is 18.4 Å². The summed E-state index contributed by atoms with van der Waals surface area (Å²) in [4.78, 5) is 0. The minimum atomic E-state index is -3.26. The van der Waals surface area contributed by atoms with E-state index < -0.39 is 10.2 Å². The second-order valence-corrected chi connectivity index (χ2v) is 6.55. The molecule has 1 saturated carbocycles. The molecule has 4 nitrogen and oxygen atoms in total. The molecular formula is C12H16N2O2S. The van der Waals surface area contributed by atoms with Crippen molar-refractivity contribution in [3.05, 3.63) is 35.9 Å². The van der Waals surface area contributed by atoms with E-state index in [2.05, 4.69) is 4.72 Å². The Morgan fingerprint density at radius 1 is 1.24 bits per heavy atom. The Kier molecular flexibility index (Phi) is 2.69. The monoisotopic (exact) mass is 252 g/mol. The molecule has 1 aliphatic carbocycles. The molecule has 3 rings (SSSR count). The van der Waals surface area contributed by atoms with E-state index in [0.29, 0.717) is 19.0 Å². The van der Waals surface area contributed by atoms with Crippen LogP contribution in [0, 0.1) is 5.92 Å². The van der Waals surface area contributed by atoms with E-state index in [4.69, 9.17) is 0 Å². The molecule has 0 bridgehead atoms. The molecule has 0 spiro atoms. The summed E-state index contributed by atoms with van der Waals surface area (Å²) in [5.74, 6) is 0.561. The standard InChI is InChI=1S/C12H16N2O2S/c15-17(16)13-12(11-6-7-11)9-14(17)8-10-4-2-1-3-5-10/h1-5,11-13H,6-9H2. The maximum Gasteiger partial charge on any atom is 0.280 e. The van der Waals surface area contributed by atoms with Crippen LogP contribution in [0.2, 0.25) is 0 Å². The Morgan fingerprint density at radius 2 is 1.94 bits per heavy atom. The van der Waals surface area contributed by atoms with Crippen molar-refractivity contribution in [1.82, 2.24) is 9.03 Å². The van der Waals surface area contributed by atoms with Gasteiger partial charge >= 0.3 is 0 Å². The van der Waals surface area contributed by atoms with Gasteiger partial charge in [-0.05, 0) is 24.3 Å².